The Hall–Kier alpha value is -4.46. The van der Waals surface area contributed by atoms with Crippen LogP contribution >= 0.6 is 11.3 Å². The van der Waals surface area contributed by atoms with Crippen LogP contribution in [-0.2, 0) is 19.6 Å². The minimum absolute atomic E-state index is 0.0286. The van der Waals surface area contributed by atoms with Gasteiger partial charge in [-0.1, -0.05) is 29.8 Å². The third kappa shape index (κ3) is 5.06. The summed E-state index contributed by atoms with van der Waals surface area (Å²) in [5.74, 6) is -0.905. The van der Waals surface area contributed by atoms with E-state index in [2.05, 4.69) is 17.9 Å². The highest BCUT2D eigenvalue weighted by Gasteiger charge is 2.33. The van der Waals surface area contributed by atoms with Gasteiger partial charge in [0.05, 0.1) is 29.1 Å². The zero-order valence-electron chi connectivity index (χ0n) is 24.5. The number of carbonyl (C=O) groups is 1. The van der Waals surface area contributed by atoms with Crippen molar-refractivity contribution in [3.63, 3.8) is 0 Å². The van der Waals surface area contributed by atoms with E-state index in [0.717, 1.165) is 11.3 Å². The molecule has 3 heterocycles. The molecule has 7 nitrogen and oxygen atoms in total. The molecule has 0 radical (unpaired) electrons. The van der Waals surface area contributed by atoms with Gasteiger partial charge in [-0.3, -0.25) is 4.79 Å². The number of fused-ring (bicyclic) bond motifs is 1. The maximum Gasteiger partial charge on any atom is 0.308 e. The Morgan fingerprint density at radius 2 is 1.86 bits per heavy atom. The Kier molecular flexibility index (Phi) is 7.78. The lowest BCUT2D eigenvalue weighted by molar-refractivity contribution is -0.146. The number of thiophene rings is 1. The van der Waals surface area contributed by atoms with Crippen LogP contribution in [0.1, 0.15) is 30.2 Å². The van der Waals surface area contributed by atoms with E-state index in [4.69, 9.17) is 4.74 Å². The predicted molar refractivity (Wildman–Crippen MR) is 171 cm³/mol. The van der Waals surface area contributed by atoms with Crippen molar-refractivity contribution in [2.45, 2.75) is 37.6 Å². The van der Waals surface area contributed by atoms with Gasteiger partial charge < -0.3 is 9.64 Å². The van der Waals surface area contributed by atoms with E-state index in [-0.39, 0.29) is 22.8 Å². The fourth-order valence-electron chi connectivity index (χ4n) is 6.20. The molecule has 0 aliphatic carbocycles. The smallest absolute Gasteiger partial charge is 0.308 e. The lowest BCUT2D eigenvalue weighted by atomic mass is 9.91. The van der Waals surface area contributed by atoms with Gasteiger partial charge in [-0.25, -0.2) is 16.8 Å². The van der Waals surface area contributed by atoms with E-state index in [1.54, 1.807) is 35.7 Å². The van der Waals surface area contributed by atoms with Gasteiger partial charge in [0.2, 0.25) is 0 Å². The van der Waals surface area contributed by atoms with Crippen molar-refractivity contribution in [1.82, 2.24) is 3.97 Å². The van der Waals surface area contributed by atoms with Crippen LogP contribution in [0.2, 0.25) is 0 Å². The number of halogens is 1. The molecule has 0 N–H and O–H groups in total. The Morgan fingerprint density at radius 3 is 2.57 bits per heavy atom. The first-order valence-electron chi connectivity index (χ1n) is 14.2. The summed E-state index contributed by atoms with van der Waals surface area (Å²) in [5.41, 5.74) is 4.05. The van der Waals surface area contributed by atoms with E-state index in [1.165, 1.54) is 40.6 Å². The quantitative estimate of drug-likeness (QED) is 0.183. The third-order valence-electron chi connectivity index (χ3n) is 8.34. The van der Waals surface area contributed by atoms with Gasteiger partial charge in [-0.15, -0.1) is 11.3 Å². The molecular weight excluding hydrogens is 598 g/mol. The maximum atomic E-state index is 14.9. The van der Waals surface area contributed by atoms with Gasteiger partial charge in [0.1, 0.15) is 16.8 Å². The van der Waals surface area contributed by atoms with Gasteiger partial charge >= 0.3 is 5.97 Å². The summed E-state index contributed by atoms with van der Waals surface area (Å²) < 4.78 is 50.1. The zero-order valence-corrected chi connectivity index (χ0v) is 26.1. The van der Waals surface area contributed by atoms with E-state index >= 15 is 0 Å². The van der Waals surface area contributed by atoms with Crippen molar-refractivity contribution in [3.8, 4) is 28.5 Å². The van der Waals surface area contributed by atoms with Gasteiger partial charge in [0.15, 0.2) is 0 Å². The molecule has 2 atom stereocenters. The van der Waals surface area contributed by atoms with E-state index in [0.29, 0.717) is 57.6 Å². The largest absolute Gasteiger partial charge is 0.469 e. The maximum absolute atomic E-state index is 14.9. The highest BCUT2D eigenvalue weighted by molar-refractivity contribution is 7.90. The molecule has 0 saturated carbocycles. The second-order valence-electron chi connectivity index (χ2n) is 11.1. The molecule has 0 unspecified atom stereocenters. The number of piperidine rings is 1. The van der Waals surface area contributed by atoms with Crippen LogP contribution in [0.4, 0.5) is 10.1 Å². The Labute approximate surface area is 259 Å². The summed E-state index contributed by atoms with van der Waals surface area (Å²) in [6.45, 7) is 4.56. The SMILES string of the molecule is COC(=O)[C@@H]1CCN(c2cccc(-c3c(-c4ccsc4C#N)c4cc(F)ccc4n3S(=O)(=O)c3ccc(C)cc3)c2)[C@H](C)C1. The van der Waals surface area contributed by atoms with E-state index in [1.807, 2.05) is 31.2 Å². The predicted octanol–water partition coefficient (Wildman–Crippen LogP) is 7.37. The van der Waals surface area contributed by atoms with Crippen molar-refractivity contribution < 1.29 is 22.3 Å². The Morgan fingerprint density at radius 1 is 1.09 bits per heavy atom. The Balaban J connectivity index is 1.62. The molecule has 1 saturated heterocycles. The van der Waals surface area contributed by atoms with Crippen LogP contribution in [0, 0.1) is 30.0 Å². The summed E-state index contributed by atoms with van der Waals surface area (Å²) in [4.78, 5) is 14.9. The molecule has 1 aliphatic heterocycles. The summed E-state index contributed by atoms with van der Waals surface area (Å²) in [7, 11) is -2.78. The number of anilines is 1. The lowest BCUT2D eigenvalue weighted by Gasteiger charge is -2.38. The van der Waals surface area contributed by atoms with Crippen molar-refractivity contribution in [3.05, 3.63) is 94.4 Å². The number of hydrogen-bond donors (Lipinski definition) is 0. The fourth-order valence-corrected chi connectivity index (χ4v) is 8.43. The van der Waals surface area contributed by atoms with E-state index in [9.17, 15) is 22.9 Å². The normalized spacial score (nSPS) is 17.0. The lowest BCUT2D eigenvalue weighted by Crippen LogP contribution is -2.43. The van der Waals surface area contributed by atoms with Gasteiger partial charge in [0.25, 0.3) is 10.0 Å². The highest BCUT2D eigenvalue weighted by atomic mass is 32.2. The molecule has 6 rings (SSSR count). The molecule has 1 fully saturated rings. The number of nitriles is 1. The number of benzene rings is 3. The molecule has 0 amide bonds. The molecule has 1 aliphatic rings. The minimum Gasteiger partial charge on any atom is -0.469 e. The van der Waals surface area contributed by atoms with E-state index < -0.39 is 15.8 Å². The number of esters is 1. The first-order chi connectivity index (χ1) is 21.1. The van der Waals surface area contributed by atoms with Crippen LogP contribution in [0.25, 0.3) is 33.3 Å². The molecule has 2 aromatic heterocycles. The molecular formula is C34H30FN3O4S2. The number of nitrogens with zero attached hydrogens (tertiary/aromatic N) is 3. The molecule has 0 bridgehead atoms. The number of carbonyl (C=O) groups excluding carboxylic acids is 1. The molecule has 10 heteroatoms. The van der Waals surface area contributed by atoms with Crippen LogP contribution in [0.3, 0.4) is 0 Å². The second-order valence-corrected chi connectivity index (χ2v) is 13.8. The number of aromatic nitrogens is 1. The average molecular weight is 628 g/mol. The monoisotopic (exact) mass is 627 g/mol. The standard InChI is InChI=1S/C34H30FN3O4S2/c1-21-7-10-27(11-8-21)44(40,41)38-30-12-9-25(35)19-29(30)32(28-14-16-43-31(28)20-36)33(38)23-5-4-6-26(18-23)37-15-13-24(17-22(37)2)34(39)42-3/h4-12,14,16,18-19,22,24H,13,15,17H2,1-3H3/t22-,24-/m1/s1. The third-order valence-corrected chi connectivity index (χ3v) is 10.9. The van der Waals surface area contributed by atoms with Gasteiger partial charge in [-0.2, -0.15) is 5.26 Å². The fraction of sp³-hybridized carbons (Fsp3) is 0.235. The van der Waals surface area contributed by atoms with Crippen LogP contribution in [-0.4, -0.2) is 38.1 Å². The zero-order chi connectivity index (χ0) is 31.2. The second kappa shape index (κ2) is 11.6. The highest BCUT2D eigenvalue weighted by Crippen LogP contribution is 2.46. The molecule has 44 heavy (non-hydrogen) atoms. The molecule has 5 aromatic rings. The number of rotatable bonds is 6. The van der Waals surface area contributed by atoms with Crippen molar-refractivity contribution in [2.75, 3.05) is 18.6 Å². The minimum atomic E-state index is -4.18. The molecule has 3 aromatic carbocycles. The van der Waals surface area contributed by atoms with Crippen LogP contribution in [0.5, 0.6) is 0 Å². The first kappa shape index (κ1) is 29.6. The van der Waals surface area contributed by atoms with Crippen molar-refractivity contribution >= 4 is 43.9 Å². The Bertz CT molecular complexity index is 2040. The number of ether oxygens (including phenoxy) is 1. The average Bonchev–Trinajstić information content (AvgIpc) is 3.63. The van der Waals surface area contributed by atoms with Crippen LogP contribution in [0.15, 0.2) is 83.1 Å². The molecule has 224 valence electrons. The summed E-state index contributed by atoms with van der Waals surface area (Å²) in [5, 5.41) is 12.1. The van der Waals surface area contributed by atoms with Crippen LogP contribution < -0.4 is 4.90 Å². The number of hydrogen-bond acceptors (Lipinski definition) is 7. The summed E-state index contributed by atoms with van der Waals surface area (Å²) >= 11 is 1.25. The number of aryl methyl sites for hydroxylation is 1. The first-order valence-corrected chi connectivity index (χ1v) is 16.5. The van der Waals surface area contributed by atoms with Crippen molar-refractivity contribution in [2.24, 2.45) is 5.92 Å². The summed E-state index contributed by atoms with van der Waals surface area (Å²) in [6.07, 6.45) is 1.26. The summed E-state index contributed by atoms with van der Waals surface area (Å²) in [6, 6.07) is 22.3. The van der Waals surface area contributed by atoms with Crippen molar-refractivity contribution in [1.29, 1.82) is 5.26 Å². The number of methoxy groups -OCH3 is 1. The van der Waals surface area contributed by atoms with Gasteiger partial charge in [-0.05, 0) is 80.6 Å². The van der Waals surface area contributed by atoms with Gasteiger partial charge in [0, 0.05) is 40.4 Å². The molecule has 0 spiro atoms. The topological polar surface area (TPSA) is 92.4 Å².